The second kappa shape index (κ2) is 4.39. The van der Waals surface area contributed by atoms with E-state index in [1.165, 1.54) is 0 Å². The maximum absolute atomic E-state index is 11.1. The van der Waals surface area contributed by atoms with Crippen LogP contribution in [0, 0.1) is 0 Å². The van der Waals surface area contributed by atoms with E-state index < -0.39 is 10.0 Å². The average Bonchev–Trinajstić information content (AvgIpc) is 2.04. The van der Waals surface area contributed by atoms with Gasteiger partial charge in [0.2, 0.25) is 10.0 Å². The molecular formula is C8H18N2O2S. The fraction of sp³-hybridized carbons (Fsp3) is 1.00. The van der Waals surface area contributed by atoms with E-state index in [2.05, 4.69) is 11.8 Å². The van der Waals surface area contributed by atoms with E-state index in [0.29, 0.717) is 6.54 Å². The van der Waals surface area contributed by atoms with Crippen molar-refractivity contribution in [3.63, 3.8) is 0 Å². The molecule has 1 unspecified atom stereocenters. The molecule has 0 amide bonds. The highest BCUT2D eigenvalue weighted by Gasteiger charge is 2.27. The molecule has 1 saturated heterocycles. The molecule has 2 N–H and O–H groups in total. The van der Waals surface area contributed by atoms with Gasteiger partial charge in [-0.05, 0) is 32.4 Å². The molecule has 1 atom stereocenters. The van der Waals surface area contributed by atoms with Gasteiger partial charge in [-0.15, -0.1) is 0 Å². The number of primary sulfonamides is 1. The molecule has 0 saturated carbocycles. The highest BCUT2D eigenvalue weighted by Crippen LogP contribution is 2.14. The van der Waals surface area contributed by atoms with Crippen LogP contribution < -0.4 is 5.14 Å². The van der Waals surface area contributed by atoms with Gasteiger partial charge in [0.05, 0.1) is 5.25 Å². The molecule has 0 aliphatic carbocycles. The lowest BCUT2D eigenvalue weighted by atomic mass is 10.1. The van der Waals surface area contributed by atoms with Crippen LogP contribution >= 0.6 is 0 Å². The predicted molar refractivity (Wildman–Crippen MR) is 52.9 cm³/mol. The summed E-state index contributed by atoms with van der Waals surface area (Å²) in [7, 11) is -3.32. The maximum Gasteiger partial charge on any atom is 0.213 e. The molecule has 1 aliphatic rings. The number of nitrogens with two attached hydrogens (primary N) is 1. The second-order valence-electron chi connectivity index (χ2n) is 3.65. The Morgan fingerprint density at radius 2 is 2.23 bits per heavy atom. The van der Waals surface area contributed by atoms with Crippen molar-refractivity contribution in [2.45, 2.75) is 31.4 Å². The van der Waals surface area contributed by atoms with Gasteiger partial charge in [-0.3, -0.25) is 0 Å². The molecule has 0 aromatic carbocycles. The van der Waals surface area contributed by atoms with Gasteiger partial charge in [0.25, 0.3) is 0 Å². The molecule has 0 bridgehead atoms. The molecule has 13 heavy (non-hydrogen) atoms. The van der Waals surface area contributed by atoms with E-state index in [0.717, 1.165) is 32.4 Å². The van der Waals surface area contributed by atoms with Crippen molar-refractivity contribution >= 4 is 10.0 Å². The van der Waals surface area contributed by atoms with Gasteiger partial charge in [-0.2, -0.15) is 0 Å². The zero-order valence-corrected chi connectivity index (χ0v) is 8.89. The average molecular weight is 206 g/mol. The van der Waals surface area contributed by atoms with Crippen LogP contribution in [0.4, 0.5) is 0 Å². The molecule has 78 valence electrons. The predicted octanol–water partition coefficient (Wildman–Crippen LogP) is 0.149. The molecule has 1 fully saturated rings. The lowest BCUT2D eigenvalue weighted by Crippen LogP contribution is -2.44. The Bertz CT molecular complexity index is 249. The van der Waals surface area contributed by atoms with Gasteiger partial charge >= 0.3 is 0 Å². The van der Waals surface area contributed by atoms with Gasteiger partial charge in [-0.25, -0.2) is 13.6 Å². The van der Waals surface area contributed by atoms with Crippen molar-refractivity contribution < 1.29 is 8.42 Å². The molecule has 5 heteroatoms. The normalized spacial score (nSPS) is 26.2. The number of piperidine rings is 1. The SMILES string of the molecule is CCCN1CCCC(S(N)(=O)=O)C1. The summed E-state index contributed by atoms with van der Waals surface area (Å²) < 4.78 is 22.2. The molecule has 1 aliphatic heterocycles. The smallest absolute Gasteiger partial charge is 0.213 e. The minimum absolute atomic E-state index is 0.340. The number of sulfonamides is 1. The Morgan fingerprint density at radius 3 is 2.77 bits per heavy atom. The summed E-state index contributed by atoms with van der Waals surface area (Å²) in [6.07, 6.45) is 2.73. The van der Waals surface area contributed by atoms with E-state index in [4.69, 9.17) is 5.14 Å². The van der Waals surface area contributed by atoms with Gasteiger partial charge in [0.15, 0.2) is 0 Å². The first-order chi connectivity index (χ1) is 6.04. The molecule has 1 heterocycles. The first kappa shape index (κ1) is 10.9. The third-order valence-electron chi connectivity index (χ3n) is 2.47. The van der Waals surface area contributed by atoms with E-state index in [1.54, 1.807) is 0 Å². The standard InChI is InChI=1S/C8H18N2O2S/c1-2-5-10-6-3-4-8(7-10)13(9,11)12/h8H,2-7H2,1H3,(H2,9,11,12). The summed E-state index contributed by atoms with van der Waals surface area (Å²) in [5.41, 5.74) is 0. The summed E-state index contributed by atoms with van der Waals surface area (Å²) in [4.78, 5) is 2.18. The molecular weight excluding hydrogens is 188 g/mol. The lowest BCUT2D eigenvalue weighted by Gasteiger charge is -2.30. The third-order valence-corrected chi connectivity index (χ3v) is 3.78. The fourth-order valence-electron chi connectivity index (χ4n) is 1.80. The van der Waals surface area contributed by atoms with Gasteiger partial charge in [-0.1, -0.05) is 6.92 Å². The van der Waals surface area contributed by atoms with E-state index >= 15 is 0 Å². The quantitative estimate of drug-likeness (QED) is 0.715. The lowest BCUT2D eigenvalue weighted by molar-refractivity contribution is 0.231. The monoisotopic (exact) mass is 206 g/mol. The van der Waals surface area contributed by atoms with Crippen LogP contribution in [0.3, 0.4) is 0 Å². The maximum atomic E-state index is 11.1. The van der Waals surface area contributed by atoms with E-state index in [9.17, 15) is 8.42 Å². The Labute approximate surface area is 80.1 Å². The largest absolute Gasteiger partial charge is 0.302 e. The van der Waals surface area contributed by atoms with Crippen molar-refractivity contribution in [2.24, 2.45) is 5.14 Å². The molecule has 0 radical (unpaired) electrons. The van der Waals surface area contributed by atoms with Crippen molar-refractivity contribution in [1.82, 2.24) is 4.90 Å². The molecule has 4 nitrogen and oxygen atoms in total. The Hall–Kier alpha value is -0.130. The number of hydrogen-bond acceptors (Lipinski definition) is 3. The van der Waals surface area contributed by atoms with Crippen molar-refractivity contribution in [1.29, 1.82) is 0 Å². The zero-order valence-electron chi connectivity index (χ0n) is 8.07. The minimum atomic E-state index is -3.32. The Balaban J connectivity index is 2.52. The van der Waals surface area contributed by atoms with Crippen LogP contribution in [-0.4, -0.2) is 38.2 Å². The van der Waals surface area contributed by atoms with Gasteiger partial charge in [0.1, 0.15) is 0 Å². The highest BCUT2D eigenvalue weighted by atomic mass is 32.2. The topological polar surface area (TPSA) is 63.4 Å². The van der Waals surface area contributed by atoms with Gasteiger partial charge < -0.3 is 4.90 Å². The van der Waals surface area contributed by atoms with E-state index in [1.807, 2.05) is 0 Å². The summed E-state index contributed by atoms with van der Waals surface area (Å²) in [5, 5.41) is 4.77. The van der Waals surface area contributed by atoms with Crippen molar-refractivity contribution in [3.8, 4) is 0 Å². The van der Waals surface area contributed by atoms with Crippen LogP contribution in [0.5, 0.6) is 0 Å². The Kier molecular flexibility index (Phi) is 3.70. The van der Waals surface area contributed by atoms with Crippen LogP contribution in [0.25, 0.3) is 0 Å². The van der Waals surface area contributed by atoms with Crippen molar-refractivity contribution in [3.05, 3.63) is 0 Å². The number of hydrogen-bond donors (Lipinski definition) is 1. The Morgan fingerprint density at radius 1 is 1.54 bits per heavy atom. The molecule has 0 aromatic heterocycles. The summed E-state index contributed by atoms with van der Waals surface area (Å²) in [6, 6.07) is 0. The molecule has 0 aromatic rings. The molecule has 1 rings (SSSR count). The first-order valence-electron chi connectivity index (χ1n) is 4.78. The number of likely N-dealkylation sites (tertiary alicyclic amines) is 1. The van der Waals surface area contributed by atoms with E-state index in [-0.39, 0.29) is 5.25 Å². The number of nitrogens with zero attached hydrogens (tertiary/aromatic N) is 1. The van der Waals surface area contributed by atoms with Crippen LogP contribution in [0.2, 0.25) is 0 Å². The third kappa shape index (κ3) is 3.25. The van der Waals surface area contributed by atoms with Gasteiger partial charge in [0, 0.05) is 6.54 Å². The minimum Gasteiger partial charge on any atom is -0.302 e. The fourth-order valence-corrected chi connectivity index (χ4v) is 2.71. The second-order valence-corrected chi connectivity index (χ2v) is 5.50. The van der Waals surface area contributed by atoms with Crippen LogP contribution in [0.15, 0.2) is 0 Å². The van der Waals surface area contributed by atoms with Crippen LogP contribution in [0.1, 0.15) is 26.2 Å². The summed E-state index contributed by atoms with van der Waals surface area (Å²) in [6.45, 7) is 4.71. The summed E-state index contributed by atoms with van der Waals surface area (Å²) in [5.74, 6) is 0. The van der Waals surface area contributed by atoms with Crippen molar-refractivity contribution in [2.75, 3.05) is 19.6 Å². The zero-order chi connectivity index (χ0) is 9.90. The highest BCUT2D eigenvalue weighted by molar-refractivity contribution is 7.89. The molecule has 0 spiro atoms. The number of rotatable bonds is 3. The first-order valence-corrected chi connectivity index (χ1v) is 6.39. The van der Waals surface area contributed by atoms with Crippen LogP contribution in [-0.2, 0) is 10.0 Å². The summed E-state index contributed by atoms with van der Waals surface area (Å²) >= 11 is 0.